The van der Waals surface area contributed by atoms with Gasteiger partial charge in [0.05, 0.1) is 11.2 Å². The molecule has 0 aliphatic carbocycles. The third-order valence-electron chi connectivity index (χ3n) is 3.61. The molecule has 0 saturated carbocycles. The molecule has 2 heterocycles. The molecule has 4 rings (SSSR count). The highest BCUT2D eigenvalue weighted by atomic mass is 16.1. The molecule has 2 aromatic heterocycles. The van der Waals surface area contributed by atoms with E-state index in [1.54, 1.807) is 24.4 Å². The van der Waals surface area contributed by atoms with Crippen molar-refractivity contribution < 1.29 is 4.79 Å². The van der Waals surface area contributed by atoms with E-state index in [0.717, 1.165) is 10.9 Å². The fraction of sp³-hybridized carbons (Fsp3) is 0. The van der Waals surface area contributed by atoms with Crippen LogP contribution in [0.3, 0.4) is 0 Å². The third-order valence-corrected chi connectivity index (χ3v) is 3.61. The Balaban J connectivity index is 1.66. The van der Waals surface area contributed by atoms with Crippen LogP contribution in [0.4, 0.5) is 5.69 Å². The van der Waals surface area contributed by atoms with Gasteiger partial charge in [0.15, 0.2) is 0 Å². The first-order valence-electron chi connectivity index (χ1n) is 7.30. The molecular weight excluding hydrogens is 304 g/mol. The molecule has 0 fully saturated rings. The van der Waals surface area contributed by atoms with Crippen molar-refractivity contribution in [3.63, 3.8) is 0 Å². The molecule has 116 valence electrons. The fourth-order valence-electron chi connectivity index (χ4n) is 2.48. The van der Waals surface area contributed by atoms with E-state index in [9.17, 15) is 4.79 Å². The highest BCUT2D eigenvalue weighted by Crippen LogP contribution is 2.22. The highest BCUT2D eigenvalue weighted by molar-refractivity contribution is 6.08. The van der Waals surface area contributed by atoms with Gasteiger partial charge in [-0.05, 0) is 29.5 Å². The van der Waals surface area contributed by atoms with Gasteiger partial charge in [0.1, 0.15) is 0 Å². The number of H-pyrrole nitrogens is 1. The van der Waals surface area contributed by atoms with Crippen LogP contribution in [0.2, 0.25) is 0 Å². The van der Waals surface area contributed by atoms with E-state index in [1.807, 2.05) is 36.4 Å². The molecule has 4 aromatic rings. The van der Waals surface area contributed by atoms with E-state index in [0.29, 0.717) is 22.6 Å². The van der Waals surface area contributed by atoms with E-state index < -0.39 is 0 Å². The number of aromatic amines is 1. The van der Waals surface area contributed by atoms with Gasteiger partial charge in [-0.3, -0.25) is 9.78 Å². The summed E-state index contributed by atoms with van der Waals surface area (Å²) in [4.78, 5) is 16.9. The van der Waals surface area contributed by atoms with E-state index in [1.165, 1.54) is 0 Å². The Labute approximate surface area is 136 Å². The SMILES string of the molecule is O=C(Nc1cccc2cccnc12)c1cccc(-c2nn[nH]n2)c1. The number of benzene rings is 2. The molecule has 0 radical (unpaired) electrons. The average Bonchev–Trinajstić information content (AvgIpc) is 3.17. The van der Waals surface area contributed by atoms with Gasteiger partial charge in [-0.25, -0.2) is 0 Å². The second-order valence-electron chi connectivity index (χ2n) is 5.15. The Morgan fingerprint density at radius 2 is 1.92 bits per heavy atom. The second kappa shape index (κ2) is 5.88. The first kappa shape index (κ1) is 14.0. The topological polar surface area (TPSA) is 96.5 Å². The van der Waals surface area contributed by atoms with Crippen LogP contribution in [0.25, 0.3) is 22.3 Å². The summed E-state index contributed by atoms with van der Waals surface area (Å²) in [6, 6.07) is 16.5. The molecule has 7 heteroatoms. The van der Waals surface area contributed by atoms with E-state index in [2.05, 4.69) is 30.9 Å². The fourth-order valence-corrected chi connectivity index (χ4v) is 2.48. The summed E-state index contributed by atoms with van der Waals surface area (Å²) in [5.74, 6) is 0.218. The summed E-state index contributed by atoms with van der Waals surface area (Å²) in [5, 5.41) is 17.6. The van der Waals surface area contributed by atoms with Crippen LogP contribution in [0.1, 0.15) is 10.4 Å². The summed E-state index contributed by atoms with van der Waals surface area (Å²) in [6.07, 6.45) is 1.70. The van der Waals surface area contributed by atoms with Crippen molar-refractivity contribution in [3.05, 3.63) is 66.4 Å². The smallest absolute Gasteiger partial charge is 0.255 e. The number of carbonyl (C=O) groups is 1. The van der Waals surface area contributed by atoms with Crippen molar-refractivity contribution in [3.8, 4) is 11.4 Å². The standard InChI is InChI=1S/C17H12N6O/c24-17(13-6-1-5-12(10-13)16-20-22-23-21-16)19-14-8-2-4-11-7-3-9-18-15(11)14/h1-10H,(H,19,24)(H,20,21,22,23). The molecule has 0 aliphatic heterocycles. The number of rotatable bonds is 3. The number of amides is 1. The van der Waals surface area contributed by atoms with Crippen molar-refractivity contribution in [2.24, 2.45) is 0 Å². The largest absolute Gasteiger partial charge is 0.320 e. The number of pyridine rings is 1. The molecule has 0 saturated heterocycles. The van der Waals surface area contributed by atoms with Crippen molar-refractivity contribution in [2.45, 2.75) is 0 Å². The molecule has 2 N–H and O–H groups in total. The number of hydrogen-bond acceptors (Lipinski definition) is 5. The molecule has 24 heavy (non-hydrogen) atoms. The molecule has 2 aromatic carbocycles. The molecule has 1 amide bonds. The monoisotopic (exact) mass is 316 g/mol. The van der Waals surface area contributed by atoms with Gasteiger partial charge < -0.3 is 5.32 Å². The van der Waals surface area contributed by atoms with Crippen LogP contribution in [-0.4, -0.2) is 31.5 Å². The number of nitrogens with one attached hydrogen (secondary N) is 2. The van der Waals surface area contributed by atoms with Crippen LogP contribution in [0, 0.1) is 0 Å². The van der Waals surface area contributed by atoms with Gasteiger partial charge in [0.2, 0.25) is 5.82 Å². The number of nitrogens with zero attached hydrogens (tertiary/aromatic N) is 4. The maximum Gasteiger partial charge on any atom is 0.255 e. The van der Waals surface area contributed by atoms with Crippen LogP contribution in [0.5, 0.6) is 0 Å². The number of aromatic nitrogens is 5. The third kappa shape index (κ3) is 2.58. The molecule has 0 bridgehead atoms. The van der Waals surface area contributed by atoms with Crippen molar-refractivity contribution in [2.75, 3.05) is 5.32 Å². The van der Waals surface area contributed by atoms with E-state index in [-0.39, 0.29) is 5.91 Å². The number of para-hydroxylation sites is 1. The molecule has 0 unspecified atom stereocenters. The van der Waals surface area contributed by atoms with Crippen LogP contribution in [-0.2, 0) is 0 Å². The van der Waals surface area contributed by atoms with Crippen LogP contribution in [0.15, 0.2) is 60.8 Å². The molecule has 0 spiro atoms. The second-order valence-corrected chi connectivity index (χ2v) is 5.15. The van der Waals surface area contributed by atoms with Gasteiger partial charge in [-0.15, -0.1) is 10.2 Å². The zero-order chi connectivity index (χ0) is 16.4. The predicted octanol–water partition coefficient (Wildman–Crippen LogP) is 2.67. The normalized spacial score (nSPS) is 10.7. The average molecular weight is 316 g/mol. The summed E-state index contributed by atoms with van der Waals surface area (Å²) < 4.78 is 0. The van der Waals surface area contributed by atoms with Crippen LogP contribution >= 0.6 is 0 Å². The molecule has 0 aliphatic rings. The van der Waals surface area contributed by atoms with Gasteiger partial charge in [-0.1, -0.05) is 30.3 Å². The zero-order valence-electron chi connectivity index (χ0n) is 12.5. The summed E-state index contributed by atoms with van der Waals surface area (Å²) >= 11 is 0. The Morgan fingerprint density at radius 3 is 2.79 bits per heavy atom. The number of tetrazole rings is 1. The molecule has 7 nitrogen and oxygen atoms in total. The zero-order valence-corrected chi connectivity index (χ0v) is 12.5. The number of hydrogen-bond donors (Lipinski definition) is 2. The molecular formula is C17H12N6O. The van der Waals surface area contributed by atoms with Gasteiger partial charge >= 0.3 is 0 Å². The van der Waals surface area contributed by atoms with Gasteiger partial charge in [0, 0.05) is 22.7 Å². The lowest BCUT2D eigenvalue weighted by atomic mass is 10.1. The Kier molecular flexibility index (Phi) is 3.43. The first-order chi connectivity index (χ1) is 11.8. The lowest BCUT2D eigenvalue weighted by Crippen LogP contribution is -2.12. The minimum absolute atomic E-state index is 0.224. The number of fused-ring (bicyclic) bond motifs is 1. The Hall–Kier alpha value is -3.61. The summed E-state index contributed by atoms with van der Waals surface area (Å²) in [7, 11) is 0. The van der Waals surface area contributed by atoms with Crippen molar-refractivity contribution >= 4 is 22.5 Å². The maximum atomic E-state index is 12.6. The number of anilines is 1. The first-order valence-corrected chi connectivity index (χ1v) is 7.30. The minimum atomic E-state index is -0.224. The van der Waals surface area contributed by atoms with Crippen LogP contribution < -0.4 is 5.32 Å². The van der Waals surface area contributed by atoms with Gasteiger partial charge in [-0.2, -0.15) is 5.21 Å². The van der Waals surface area contributed by atoms with E-state index in [4.69, 9.17) is 0 Å². The maximum absolute atomic E-state index is 12.6. The van der Waals surface area contributed by atoms with Gasteiger partial charge in [0.25, 0.3) is 5.91 Å². The lowest BCUT2D eigenvalue weighted by Gasteiger charge is -2.08. The summed E-state index contributed by atoms with van der Waals surface area (Å²) in [6.45, 7) is 0. The Bertz CT molecular complexity index is 1010. The van der Waals surface area contributed by atoms with E-state index >= 15 is 0 Å². The predicted molar refractivity (Wildman–Crippen MR) is 89.3 cm³/mol. The quantitative estimate of drug-likeness (QED) is 0.605. The minimum Gasteiger partial charge on any atom is -0.320 e. The number of carbonyl (C=O) groups excluding carboxylic acids is 1. The Morgan fingerprint density at radius 1 is 1.04 bits per heavy atom. The summed E-state index contributed by atoms with van der Waals surface area (Å²) in [5.41, 5.74) is 2.64. The van der Waals surface area contributed by atoms with Crippen molar-refractivity contribution in [1.82, 2.24) is 25.6 Å². The van der Waals surface area contributed by atoms with Crippen molar-refractivity contribution in [1.29, 1.82) is 0 Å². The lowest BCUT2D eigenvalue weighted by molar-refractivity contribution is 0.102. The molecule has 0 atom stereocenters. The highest BCUT2D eigenvalue weighted by Gasteiger charge is 2.11.